The maximum Gasteiger partial charge on any atom is 0.251 e. The molecule has 0 aliphatic rings. The van der Waals surface area contributed by atoms with Crippen molar-refractivity contribution in [1.82, 2.24) is 15.5 Å². The molecule has 0 aliphatic carbocycles. The second kappa shape index (κ2) is 11.3. The molecule has 2 aromatic carbocycles. The van der Waals surface area contributed by atoms with Crippen molar-refractivity contribution in [2.75, 3.05) is 33.4 Å². The van der Waals surface area contributed by atoms with E-state index in [4.69, 9.17) is 0 Å². The minimum absolute atomic E-state index is 0.0363. The third-order valence-corrected chi connectivity index (χ3v) is 4.85. The van der Waals surface area contributed by atoms with Gasteiger partial charge >= 0.3 is 0 Å². The lowest BCUT2D eigenvalue weighted by molar-refractivity contribution is 0.0953. The molecule has 0 fully saturated rings. The Hall–Kier alpha value is -2.47. The first-order chi connectivity index (χ1) is 13.1. The van der Waals surface area contributed by atoms with Gasteiger partial charge in [-0.15, -0.1) is 11.8 Å². The van der Waals surface area contributed by atoms with Crippen LogP contribution in [-0.2, 0) is 6.54 Å². The quantitative estimate of drug-likeness (QED) is 0.318. The van der Waals surface area contributed by atoms with Gasteiger partial charge in [0, 0.05) is 44.2 Å². The lowest BCUT2D eigenvalue weighted by Crippen LogP contribution is -2.39. The zero-order valence-electron chi connectivity index (χ0n) is 16.2. The summed E-state index contributed by atoms with van der Waals surface area (Å²) in [4.78, 5) is 19.7. The zero-order valence-corrected chi connectivity index (χ0v) is 17.1. The number of hydrogen-bond acceptors (Lipinski definition) is 3. The summed E-state index contributed by atoms with van der Waals surface area (Å²) in [6, 6.07) is 17.8. The average molecular weight is 385 g/mol. The smallest absolute Gasteiger partial charge is 0.251 e. The molecule has 27 heavy (non-hydrogen) atoms. The molecule has 0 unspecified atom stereocenters. The number of carbonyl (C=O) groups is 1. The third kappa shape index (κ3) is 6.98. The zero-order chi connectivity index (χ0) is 19.5. The van der Waals surface area contributed by atoms with Crippen LogP contribution < -0.4 is 10.6 Å². The van der Waals surface area contributed by atoms with Gasteiger partial charge in [0.15, 0.2) is 5.96 Å². The standard InChI is InChI=1S/C21H28N4OS/c1-22-21(25(2)16-17-10-12-19(27-3)13-11-17)24-15-7-14-23-20(26)18-8-5-4-6-9-18/h4-6,8-13H,7,14-16H2,1-3H3,(H,22,24)(H,23,26). The van der Waals surface area contributed by atoms with Crippen LogP contribution in [0.1, 0.15) is 22.3 Å². The van der Waals surface area contributed by atoms with Gasteiger partial charge < -0.3 is 15.5 Å². The van der Waals surface area contributed by atoms with Gasteiger partial charge in [-0.2, -0.15) is 0 Å². The molecule has 0 spiro atoms. The molecule has 0 radical (unpaired) electrons. The lowest BCUT2D eigenvalue weighted by atomic mass is 10.2. The van der Waals surface area contributed by atoms with Crippen LogP contribution in [0.5, 0.6) is 0 Å². The molecule has 6 heteroatoms. The Balaban J connectivity index is 1.70. The highest BCUT2D eigenvalue weighted by Gasteiger charge is 2.07. The molecule has 0 atom stereocenters. The van der Waals surface area contributed by atoms with Gasteiger partial charge in [0.25, 0.3) is 5.91 Å². The molecule has 2 N–H and O–H groups in total. The molecule has 2 aromatic rings. The largest absolute Gasteiger partial charge is 0.356 e. The number of amides is 1. The van der Waals surface area contributed by atoms with Crippen molar-refractivity contribution in [3.8, 4) is 0 Å². The van der Waals surface area contributed by atoms with Crippen LogP contribution in [0.2, 0.25) is 0 Å². The van der Waals surface area contributed by atoms with E-state index < -0.39 is 0 Å². The summed E-state index contributed by atoms with van der Waals surface area (Å²) in [5.41, 5.74) is 1.93. The Labute approximate surface area is 166 Å². The number of guanidine groups is 1. The predicted molar refractivity (Wildman–Crippen MR) is 114 cm³/mol. The van der Waals surface area contributed by atoms with Crippen molar-refractivity contribution < 1.29 is 4.79 Å². The normalized spacial score (nSPS) is 11.1. The lowest BCUT2D eigenvalue weighted by Gasteiger charge is -2.22. The summed E-state index contributed by atoms with van der Waals surface area (Å²) in [6.07, 6.45) is 2.91. The van der Waals surface area contributed by atoms with Gasteiger partial charge in [0.05, 0.1) is 0 Å². The number of nitrogens with zero attached hydrogens (tertiary/aromatic N) is 2. The number of aliphatic imine (C=N–C) groups is 1. The van der Waals surface area contributed by atoms with Gasteiger partial charge in [0.2, 0.25) is 0 Å². The van der Waals surface area contributed by atoms with E-state index in [9.17, 15) is 4.79 Å². The summed E-state index contributed by atoms with van der Waals surface area (Å²) in [7, 11) is 3.81. The fourth-order valence-electron chi connectivity index (χ4n) is 2.65. The monoisotopic (exact) mass is 384 g/mol. The van der Waals surface area contributed by atoms with E-state index in [0.29, 0.717) is 12.1 Å². The van der Waals surface area contributed by atoms with E-state index in [0.717, 1.165) is 25.5 Å². The second-order valence-corrected chi connectivity index (χ2v) is 7.03. The molecule has 0 saturated carbocycles. The first-order valence-electron chi connectivity index (χ1n) is 9.02. The van der Waals surface area contributed by atoms with Crippen molar-refractivity contribution >= 4 is 23.6 Å². The van der Waals surface area contributed by atoms with E-state index in [2.05, 4.69) is 51.0 Å². The molecule has 0 bridgehead atoms. The first-order valence-corrected chi connectivity index (χ1v) is 10.2. The van der Waals surface area contributed by atoms with Gasteiger partial charge in [0.1, 0.15) is 0 Å². The Bertz CT molecular complexity index is 732. The molecule has 2 rings (SSSR count). The number of benzene rings is 2. The van der Waals surface area contributed by atoms with Crippen LogP contribution in [0, 0.1) is 0 Å². The number of nitrogens with one attached hydrogen (secondary N) is 2. The first kappa shape index (κ1) is 20.8. The third-order valence-electron chi connectivity index (χ3n) is 4.11. The van der Waals surface area contributed by atoms with E-state index >= 15 is 0 Å². The van der Waals surface area contributed by atoms with Crippen molar-refractivity contribution in [2.45, 2.75) is 17.9 Å². The molecule has 0 saturated heterocycles. The van der Waals surface area contributed by atoms with Crippen molar-refractivity contribution in [3.05, 3.63) is 65.7 Å². The Morgan fingerprint density at radius 3 is 2.33 bits per heavy atom. The Morgan fingerprint density at radius 1 is 1.04 bits per heavy atom. The van der Waals surface area contributed by atoms with Gasteiger partial charge in [-0.25, -0.2) is 0 Å². The average Bonchev–Trinajstić information content (AvgIpc) is 2.71. The Kier molecular flexibility index (Phi) is 8.71. The van der Waals surface area contributed by atoms with Gasteiger partial charge in [-0.3, -0.25) is 9.79 Å². The second-order valence-electron chi connectivity index (χ2n) is 6.15. The van der Waals surface area contributed by atoms with Crippen LogP contribution in [0.3, 0.4) is 0 Å². The fourth-order valence-corrected chi connectivity index (χ4v) is 3.05. The number of rotatable bonds is 8. The highest BCUT2D eigenvalue weighted by atomic mass is 32.2. The van der Waals surface area contributed by atoms with Crippen LogP contribution in [-0.4, -0.2) is 50.2 Å². The molecule has 0 aliphatic heterocycles. The van der Waals surface area contributed by atoms with Crippen LogP contribution >= 0.6 is 11.8 Å². The van der Waals surface area contributed by atoms with E-state index in [1.165, 1.54) is 10.5 Å². The number of carbonyl (C=O) groups excluding carboxylic acids is 1. The van der Waals surface area contributed by atoms with Crippen molar-refractivity contribution in [2.24, 2.45) is 4.99 Å². The topological polar surface area (TPSA) is 56.7 Å². The molecule has 5 nitrogen and oxygen atoms in total. The van der Waals surface area contributed by atoms with Crippen molar-refractivity contribution in [1.29, 1.82) is 0 Å². The summed E-state index contributed by atoms with van der Waals surface area (Å²) in [5, 5.41) is 6.28. The Morgan fingerprint density at radius 2 is 1.70 bits per heavy atom. The minimum Gasteiger partial charge on any atom is -0.356 e. The molecular weight excluding hydrogens is 356 g/mol. The molecule has 144 valence electrons. The minimum atomic E-state index is -0.0363. The van der Waals surface area contributed by atoms with Gasteiger partial charge in [-0.1, -0.05) is 30.3 Å². The highest BCUT2D eigenvalue weighted by molar-refractivity contribution is 7.98. The number of hydrogen-bond donors (Lipinski definition) is 2. The predicted octanol–water partition coefficient (Wildman–Crippen LogP) is 3.24. The molecule has 0 heterocycles. The van der Waals surface area contributed by atoms with E-state index in [1.54, 1.807) is 18.8 Å². The van der Waals surface area contributed by atoms with Crippen molar-refractivity contribution in [3.63, 3.8) is 0 Å². The molecular formula is C21H28N4OS. The maximum atomic E-state index is 12.0. The summed E-state index contributed by atoms with van der Waals surface area (Å²) >= 11 is 1.74. The van der Waals surface area contributed by atoms with Crippen LogP contribution in [0.4, 0.5) is 0 Å². The van der Waals surface area contributed by atoms with Gasteiger partial charge in [-0.05, 0) is 42.5 Å². The maximum absolute atomic E-state index is 12.0. The summed E-state index contributed by atoms with van der Waals surface area (Å²) < 4.78 is 0. The van der Waals surface area contributed by atoms with E-state index in [-0.39, 0.29) is 5.91 Å². The fraction of sp³-hybridized carbons (Fsp3) is 0.333. The highest BCUT2D eigenvalue weighted by Crippen LogP contribution is 2.15. The molecule has 1 amide bonds. The SMILES string of the molecule is CN=C(NCCCNC(=O)c1ccccc1)N(C)Cc1ccc(SC)cc1. The van der Waals surface area contributed by atoms with Crippen LogP contribution in [0.15, 0.2) is 64.5 Å². The number of thioether (sulfide) groups is 1. The summed E-state index contributed by atoms with van der Waals surface area (Å²) in [5.74, 6) is 0.809. The summed E-state index contributed by atoms with van der Waals surface area (Å²) in [6.45, 7) is 2.16. The van der Waals surface area contributed by atoms with Crippen LogP contribution in [0.25, 0.3) is 0 Å². The van der Waals surface area contributed by atoms with E-state index in [1.807, 2.05) is 37.4 Å². The molecule has 0 aromatic heterocycles.